The van der Waals surface area contributed by atoms with E-state index in [-0.39, 0.29) is 17.0 Å². The van der Waals surface area contributed by atoms with Gasteiger partial charge in [-0.05, 0) is 45.1 Å². The summed E-state index contributed by atoms with van der Waals surface area (Å²) in [5.74, 6) is -0.465. The van der Waals surface area contributed by atoms with Gasteiger partial charge in [-0.25, -0.2) is 4.98 Å². The van der Waals surface area contributed by atoms with Crippen molar-refractivity contribution in [2.45, 2.75) is 20.8 Å². The molecule has 1 aromatic carbocycles. The molecule has 1 aromatic heterocycles. The van der Waals surface area contributed by atoms with Crippen LogP contribution < -0.4 is 11.5 Å². The summed E-state index contributed by atoms with van der Waals surface area (Å²) in [6, 6.07) is 1.55. The number of amides is 1. The summed E-state index contributed by atoms with van der Waals surface area (Å²) in [6.07, 6.45) is 8.29. The number of nitrogen functional groups attached to an aromatic ring is 1. The fourth-order valence-corrected chi connectivity index (χ4v) is 2.22. The van der Waals surface area contributed by atoms with E-state index in [9.17, 15) is 9.90 Å². The van der Waals surface area contributed by atoms with Crippen molar-refractivity contribution < 1.29 is 9.90 Å². The van der Waals surface area contributed by atoms with Crippen LogP contribution in [-0.4, -0.2) is 21.0 Å². The molecular formula is C18H20N4O2. The lowest BCUT2D eigenvalue weighted by Crippen LogP contribution is -2.15. The van der Waals surface area contributed by atoms with Gasteiger partial charge in [-0.2, -0.15) is 0 Å². The summed E-state index contributed by atoms with van der Waals surface area (Å²) in [4.78, 5) is 20.4. The number of aliphatic hydroxyl groups excluding tert-OH is 1. The highest BCUT2D eigenvalue weighted by Gasteiger charge is 2.15. The van der Waals surface area contributed by atoms with Crippen molar-refractivity contribution in [1.29, 1.82) is 0 Å². The van der Waals surface area contributed by atoms with E-state index in [0.29, 0.717) is 16.6 Å². The Bertz CT molecular complexity index is 896. The van der Waals surface area contributed by atoms with Gasteiger partial charge in [0, 0.05) is 11.8 Å². The molecule has 24 heavy (non-hydrogen) atoms. The van der Waals surface area contributed by atoms with Crippen molar-refractivity contribution in [3.63, 3.8) is 0 Å². The summed E-state index contributed by atoms with van der Waals surface area (Å²) in [5.41, 5.74) is 15.3. The van der Waals surface area contributed by atoms with Gasteiger partial charge in [-0.1, -0.05) is 11.6 Å². The Morgan fingerprint density at radius 2 is 2.04 bits per heavy atom. The van der Waals surface area contributed by atoms with Crippen LogP contribution in [0, 0.1) is 6.92 Å². The first-order valence-corrected chi connectivity index (χ1v) is 7.40. The molecule has 0 saturated heterocycles. The number of primary amides is 1. The van der Waals surface area contributed by atoms with Gasteiger partial charge in [-0.3, -0.25) is 9.78 Å². The van der Waals surface area contributed by atoms with Crippen LogP contribution in [0.3, 0.4) is 0 Å². The first-order valence-electron chi connectivity index (χ1n) is 7.40. The molecule has 0 unspecified atom stereocenters. The molecule has 0 atom stereocenters. The zero-order valence-corrected chi connectivity index (χ0v) is 13.9. The molecule has 0 aliphatic carbocycles. The number of aromatic nitrogens is 2. The second-order valence-corrected chi connectivity index (χ2v) is 5.43. The van der Waals surface area contributed by atoms with Crippen molar-refractivity contribution in [2.24, 2.45) is 5.73 Å². The number of fused-ring (bicyclic) bond motifs is 1. The molecular weight excluding hydrogens is 304 g/mol. The standard InChI is InChI=1S/C18H20N4O2/c1-4-12(23)6-5-10(2)7-13-16(19)14(18(20)24)8-15-17(13)22-11(3)9-21-15/h4-9,23H,19H2,1-3H3,(H2,20,24)/b6-5-,10-7+,12-4-. The molecule has 2 rings (SSSR count). The molecule has 0 spiro atoms. The van der Waals surface area contributed by atoms with Gasteiger partial charge in [0.15, 0.2) is 0 Å². The fraction of sp³-hybridized carbons (Fsp3) is 0.167. The smallest absolute Gasteiger partial charge is 0.250 e. The minimum Gasteiger partial charge on any atom is -0.508 e. The van der Waals surface area contributed by atoms with Gasteiger partial charge in [-0.15, -0.1) is 0 Å². The van der Waals surface area contributed by atoms with Gasteiger partial charge >= 0.3 is 0 Å². The van der Waals surface area contributed by atoms with E-state index in [4.69, 9.17) is 11.5 Å². The van der Waals surface area contributed by atoms with E-state index in [2.05, 4.69) is 9.97 Å². The second kappa shape index (κ2) is 6.95. The number of benzene rings is 1. The fourth-order valence-electron chi connectivity index (χ4n) is 2.22. The van der Waals surface area contributed by atoms with Crippen molar-refractivity contribution >= 4 is 28.7 Å². The maximum Gasteiger partial charge on any atom is 0.250 e. The first kappa shape index (κ1) is 17.2. The number of nitrogens with two attached hydrogens (primary N) is 2. The number of aryl methyl sites for hydroxylation is 1. The zero-order valence-electron chi connectivity index (χ0n) is 13.9. The Morgan fingerprint density at radius 1 is 1.33 bits per heavy atom. The summed E-state index contributed by atoms with van der Waals surface area (Å²) in [7, 11) is 0. The van der Waals surface area contributed by atoms with E-state index in [0.717, 1.165) is 11.3 Å². The molecule has 6 nitrogen and oxygen atoms in total. The average Bonchev–Trinajstić information content (AvgIpc) is 2.54. The lowest BCUT2D eigenvalue weighted by Gasteiger charge is -2.10. The van der Waals surface area contributed by atoms with E-state index in [1.165, 1.54) is 0 Å². The van der Waals surface area contributed by atoms with Crippen molar-refractivity contribution in [2.75, 3.05) is 5.73 Å². The number of anilines is 1. The number of aliphatic hydroxyl groups is 1. The summed E-state index contributed by atoms with van der Waals surface area (Å²) >= 11 is 0. The highest BCUT2D eigenvalue weighted by Crippen LogP contribution is 2.28. The van der Waals surface area contributed by atoms with Crippen molar-refractivity contribution in [1.82, 2.24) is 9.97 Å². The highest BCUT2D eigenvalue weighted by atomic mass is 16.3. The molecule has 0 fully saturated rings. The van der Waals surface area contributed by atoms with E-state index < -0.39 is 5.91 Å². The van der Waals surface area contributed by atoms with Crippen LogP contribution in [0.4, 0.5) is 5.69 Å². The molecule has 6 heteroatoms. The molecule has 2 aromatic rings. The molecule has 1 heterocycles. The molecule has 0 aliphatic heterocycles. The van der Waals surface area contributed by atoms with Crippen LogP contribution >= 0.6 is 0 Å². The van der Waals surface area contributed by atoms with E-state index >= 15 is 0 Å². The minimum atomic E-state index is -0.619. The van der Waals surface area contributed by atoms with Crippen LogP contribution in [0.5, 0.6) is 0 Å². The SMILES string of the molecule is C/C=C(O)/C=C\C(C)=C\c1c(N)c(C(N)=O)cc2ncc(C)nc12. The number of carbonyl (C=O) groups is 1. The van der Waals surface area contributed by atoms with Gasteiger partial charge in [0.2, 0.25) is 0 Å². The lowest BCUT2D eigenvalue weighted by molar-refractivity contribution is 0.100. The highest BCUT2D eigenvalue weighted by molar-refractivity contribution is 6.05. The third-order valence-corrected chi connectivity index (χ3v) is 3.49. The van der Waals surface area contributed by atoms with Crippen molar-refractivity contribution in [3.05, 3.63) is 58.6 Å². The second-order valence-electron chi connectivity index (χ2n) is 5.43. The normalized spacial score (nSPS) is 13.0. The summed E-state index contributed by atoms with van der Waals surface area (Å²) < 4.78 is 0. The topological polar surface area (TPSA) is 115 Å². The monoisotopic (exact) mass is 324 g/mol. The van der Waals surface area contributed by atoms with E-state index in [1.807, 2.05) is 13.8 Å². The number of hydrogen-bond donors (Lipinski definition) is 3. The lowest BCUT2D eigenvalue weighted by atomic mass is 10.0. The number of carbonyl (C=O) groups excluding carboxylic acids is 1. The Kier molecular flexibility index (Phi) is 4.99. The number of nitrogens with zero attached hydrogens (tertiary/aromatic N) is 2. The summed E-state index contributed by atoms with van der Waals surface area (Å²) in [6.45, 7) is 5.42. The first-order chi connectivity index (χ1) is 11.3. The Labute approximate surface area is 140 Å². The maximum atomic E-state index is 11.6. The predicted molar refractivity (Wildman–Crippen MR) is 96.4 cm³/mol. The molecule has 0 bridgehead atoms. The van der Waals surface area contributed by atoms with Crippen LogP contribution in [0.1, 0.15) is 35.5 Å². The minimum absolute atomic E-state index is 0.155. The van der Waals surface area contributed by atoms with Gasteiger partial charge in [0.1, 0.15) is 5.76 Å². The molecule has 0 aliphatic rings. The quantitative estimate of drug-likeness (QED) is 0.454. The third kappa shape index (κ3) is 3.60. The van der Waals surface area contributed by atoms with Gasteiger partial charge in [0.05, 0.1) is 28.0 Å². The number of allylic oxidation sites excluding steroid dienone is 4. The molecule has 5 N–H and O–H groups in total. The largest absolute Gasteiger partial charge is 0.508 e. The Balaban J connectivity index is 2.70. The Hall–Kier alpha value is -3.15. The third-order valence-electron chi connectivity index (χ3n) is 3.49. The van der Waals surface area contributed by atoms with Crippen LogP contribution in [0.2, 0.25) is 0 Å². The Morgan fingerprint density at radius 3 is 2.67 bits per heavy atom. The number of hydrogen-bond acceptors (Lipinski definition) is 5. The molecule has 0 radical (unpaired) electrons. The molecule has 1 amide bonds. The predicted octanol–water partition coefficient (Wildman–Crippen LogP) is 3.04. The van der Waals surface area contributed by atoms with E-state index in [1.54, 1.807) is 43.5 Å². The average molecular weight is 324 g/mol. The number of rotatable bonds is 4. The maximum absolute atomic E-state index is 11.6. The van der Waals surface area contributed by atoms with Gasteiger partial charge < -0.3 is 16.6 Å². The van der Waals surface area contributed by atoms with Crippen LogP contribution in [0.25, 0.3) is 17.1 Å². The zero-order chi connectivity index (χ0) is 17.9. The van der Waals surface area contributed by atoms with Gasteiger partial charge in [0.25, 0.3) is 5.91 Å². The molecule has 0 saturated carbocycles. The van der Waals surface area contributed by atoms with Crippen LogP contribution in [-0.2, 0) is 0 Å². The summed E-state index contributed by atoms with van der Waals surface area (Å²) in [5, 5.41) is 9.49. The van der Waals surface area contributed by atoms with Crippen molar-refractivity contribution in [3.8, 4) is 0 Å². The molecule has 124 valence electrons. The van der Waals surface area contributed by atoms with Crippen LogP contribution in [0.15, 0.2) is 41.8 Å².